The molecule has 5 aromatic rings. The second kappa shape index (κ2) is 5.89. The summed E-state index contributed by atoms with van der Waals surface area (Å²) >= 11 is 0. The average molecular weight is 408 g/mol. The van der Waals surface area contributed by atoms with Gasteiger partial charge >= 0.3 is 0 Å². The summed E-state index contributed by atoms with van der Waals surface area (Å²) in [5.41, 5.74) is 6.78. The lowest BCUT2D eigenvalue weighted by molar-refractivity contribution is 0.225. The van der Waals surface area contributed by atoms with Crippen LogP contribution in [0.5, 0.6) is 0 Å². The number of quaternary nitrogens is 1. The zero-order valence-electron chi connectivity index (χ0n) is 18.7. The number of rotatable bonds is 1. The van der Waals surface area contributed by atoms with Gasteiger partial charge in [0.1, 0.15) is 16.9 Å². The second-order valence-electron chi connectivity index (χ2n) is 9.62. The Labute approximate surface area is 182 Å². The molecule has 0 saturated heterocycles. The SMILES string of the molecule is Cc1c(N2c3ccccc3[N+](C)(C)C2(C)C)ccc2c1oc1ccc3ccccc3c12. The van der Waals surface area contributed by atoms with Crippen molar-refractivity contribution in [2.45, 2.75) is 26.4 Å². The Bertz CT molecular complexity index is 1510. The smallest absolute Gasteiger partial charge is 0.177 e. The van der Waals surface area contributed by atoms with Crippen LogP contribution >= 0.6 is 0 Å². The Balaban J connectivity index is 1.66. The van der Waals surface area contributed by atoms with Gasteiger partial charge in [-0.2, -0.15) is 0 Å². The molecule has 0 aliphatic carbocycles. The summed E-state index contributed by atoms with van der Waals surface area (Å²) in [5.74, 6) is 0. The number of furan rings is 1. The lowest BCUT2D eigenvalue weighted by Crippen LogP contribution is -2.60. The van der Waals surface area contributed by atoms with Gasteiger partial charge in [0.15, 0.2) is 11.4 Å². The van der Waals surface area contributed by atoms with Crippen LogP contribution in [0.4, 0.5) is 17.1 Å². The van der Waals surface area contributed by atoms with Crippen LogP contribution in [-0.2, 0) is 0 Å². The quantitative estimate of drug-likeness (QED) is 0.267. The van der Waals surface area contributed by atoms with Crippen LogP contribution in [0.15, 0.2) is 77.2 Å². The number of hydrogen-bond donors (Lipinski definition) is 0. The van der Waals surface area contributed by atoms with E-state index in [0.29, 0.717) is 0 Å². The molecule has 3 nitrogen and oxygen atoms in total. The highest BCUT2D eigenvalue weighted by molar-refractivity contribution is 6.19. The highest BCUT2D eigenvalue weighted by Crippen LogP contribution is 2.53. The molecule has 0 atom stereocenters. The van der Waals surface area contributed by atoms with E-state index in [9.17, 15) is 0 Å². The minimum absolute atomic E-state index is 0.138. The number of para-hydroxylation sites is 2. The van der Waals surface area contributed by atoms with Crippen molar-refractivity contribution in [3.05, 3.63) is 78.4 Å². The summed E-state index contributed by atoms with van der Waals surface area (Å²) in [6.07, 6.45) is 0. The number of hydrogen-bond acceptors (Lipinski definition) is 2. The van der Waals surface area contributed by atoms with E-state index in [2.05, 4.69) is 113 Å². The molecule has 1 aliphatic heterocycles. The van der Waals surface area contributed by atoms with Gasteiger partial charge in [-0.3, -0.25) is 9.38 Å². The molecular weight excluding hydrogens is 380 g/mol. The summed E-state index contributed by atoms with van der Waals surface area (Å²) in [5, 5.41) is 4.88. The van der Waals surface area contributed by atoms with Crippen LogP contribution in [0.1, 0.15) is 19.4 Å². The first-order valence-corrected chi connectivity index (χ1v) is 10.9. The van der Waals surface area contributed by atoms with Crippen LogP contribution in [0.25, 0.3) is 32.7 Å². The predicted octanol–water partition coefficient (Wildman–Crippen LogP) is 7.50. The number of aryl methyl sites for hydroxylation is 1. The zero-order chi connectivity index (χ0) is 21.5. The van der Waals surface area contributed by atoms with E-state index in [-0.39, 0.29) is 5.66 Å². The van der Waals surface area contributed by atoms with Crippen molar-refractivity contribution in [1.29, 1.82) is 0 Å². The molecule has 0 fully saturated rings. The minimum atomic E-state index is -0.138. The Morgan fingerprint density at radius 1 is 0.774 bits per heavy atom. The van der Waals surface area contributed by atoms with Gasteiger partial charge in [-0.05, 0) is 42.0 Å². The van der Waals surface area contributed by atoms with Gasteiger partial charge in [0.25, 0.3) is 0 Å². The second-order valence-corrected chi connectivity index (χ2v) is 9.62. The molecule has 0 unspecified atom stereocenters. The van der Waals surface area contributed by atoms with Gasteiger partial charge in [0.05, 0.1) is 19.8 Å². The molecule has 1 aliphatic rings. The van der Waals surface area contributed by atoms with Crippen LogP contribution in [0.3, 0.4) is 0 Å². The Morgan fingerprint density at radius 2 is 1.52 bits per heavy atom. The van der Waals surface area contributed by atoms with E-state index < -0.39 is 0 Å². The summed E-state index contributed by atoms with van der Waals surface area (Å²) < 4.78 is 7.26. The molecule has 0 N–H and O–H groups in total. The first-order valence-electron chi connectivity index (χ1n) is 10.9. The topological polar surface area (TPSA) is 16.4 Å². The number of fused-ring (bicyclic) bond motifs is 6. The lowest BCUT2D eigenvalue weighted by atomic mass is 10.0. The molecule has 6 rings (SSSR count). The van der Waals surface area contributed by atoms with Crippen molar-refractivity contribution >= 4 is 49.8 Å². The normalized spacial score (nSPS) is 17.0. The predicted molar refractivity (Wildman–Crippen MR) is 132 cm³/mol. The van der Waals surface area contributed by atoms with E-state index in [1.807, 2.05) is 0 Å². The zero-order valence-corrected chi connectivity index (χ0v) is 18.7. The molecule has 0 amide bonds. The number of nitrogens with zero attached hydrogens (tertiary/aromatic N) is 2. The number of anilines is 2. The Kier molecular flexibility index (Phi) is 3.51. The van der Waals surface area contributed by atoms with Crippen molar-refractivity contribution in [3.8, 4) is 0 Å². The average Bonchev–Trinajstić information content (AvgIpc) is 3.22. The molecule has 0 bridgehead atoms. The van der Waals surface area contributed by atoms with E-state index in [4.69, 9.17) is 4.42 Å². The van der Waals surface area contributed by atoms with E-state index in [1.165, 1.54) is 44.2 Å². The standard InChI is InChI=1S/C28H27N2O/c1-18-22(29-23-12-8-9-13-24(23)30(4,5)28(29,2)3)16-15-21-26-20-11-7-6-10-19(20)14-17-25(26)31-27(18)21/h6-17H,1-5H3/q+1. The third kappa shape index (κ3) is 2.22. The maximum absolute atomic E-state index is 6.47. The van der Waals surface area contributed by atoms with E-state index in [1.54, 1.807) is 0 Å². The van der Waals surface area contributed by atoms with Gasteiger partial charge in [0.2, 0.25) is 0 Å². The highest BCUT2D eigenvalue weighted by Gasteiger charge is 2.53. The monoisotopic (exact) mass is 407 g/mol. The van der Waals surface area contributed by atoms with Crippen LogP contribution in [0.2, 0.25) is 0 Å². The number of benzene rings is 4. The molecule has 0 spiro atoms. The fraction of sp³-hybridized carbons (Fsp3) is 0.214. The highest BCUT2D eigenvalue weighted by atomic mass is 16.3. The van der Waals surface area contributed by atoms with Gasteiger partial charge in [-0.1, -0.05) is 42.5 Å². The molecule has 2 heterocycles. The van der Waals surface area contributed by atoms with E-state index in [0.717, 1.165) is 15.6 Å². The van der Waals surface area contributed by atoms with Crippen LogP contribution in [0, 0.1) is 6.92 Å². The fourth-order valence-electron chi connectivity index (χ4n) is 5.37. The van der Waals surface area contributed by atoms with Gasteiger partial charge in [-0.25, -0.2) is 0 Å². The third-order valence-corrected chi connectivity index (χ3v) is 7.63. The summed E-state index contributed by atoms with van der Waals surface area (Å²) in [4.78, 5) is 2.49. The van der Waals surface area contributed by atoms with Crippen molar-refractivity contribution in [2.75, 3.05) is 19.0 Å². The fourth-order valence-corrected chi connectivity index (χ4v) is 5.37. The van der Waals surface area contributed by atoms with Crippen molar-refractivity contribution in [3.63, 3.8) is 0 Å². The summed E-state index contributed by atoms with van der Waals surface area (Å²) in [7, 11) is 4.58. The first-order chi connectivity index (χ1) is 14.8. The molecule has 154 valence electrons. The molecular formula is C28H27N2O+. The maximum Gasteiger partial charge on any atom is 0.177 e. The van der Waals surface area contributed by atoms with Gasteiger partial charge in [-0.15, -0.1) is 0 Å². The van der Waals surface area contributed by atoms with Crippen molar-refractivity contribution < 1.29 is 4.42 Å². The molecule has 3 heteroatoms. The minimum Gasteiger partial charge on any atom is -0.456 e. The third-order valence-electron chi connectivity index (χ3n) is 7.63. The van der Waals surface area contributed by atoms with Crippen molar-refractivity contribution in [2.24, 2.45) is 0 Å². The van der Waals surface area contributed by atoms with Crippen LogP contribution < -0.4 is 9.38 Å². The largest absolute Gasteiger partial charge is 0.456 e. The van der Waals surface area contributed by atoms with Gasteiger partial charge < -0.3 is 4.42 Å². The molecule has 0 saturated carbocycles. The van der Waals surface area contributed by atoms with Crippen molar-refractivity contribution in [1.82, 2.24) is 4.48 Å². The molecule has 0 radical (unpaired) electrons. The molecule has 1 aromatic heterocycles. The van der Waals surface area contributed by atoms with E-state index >= 15 is 0 Å². The first kappa shape index (κ1) is 18.5. The Morgan fingerprint density at radius 3 is 2.35 bits per heavy atom. The summed E-state index contributed by atoms with van der Waals surface area (Å²) in [6.45, 7) is 6.84. The molecule has 31 heavy (non-hydrogen) atoms. The maximum atomic E-state index is 6.47. The van der Waals surface area contributed by atoms with Crippen LogP contribution in [-0.4, -0.2) is 19.8 Å². The molecule has 4 aromatic carbocycles. The Hall–Kier alpha value is -3.30. The van der Waals surface area contributed by atoms with Gasteiger partial charge in [0, 0.05) is 36.2 Å². The summed E-state index contributed by atoms with van der Waals surface area (Å²) in [6, 6.07) is 26.1. The lowest BCUT2D eigenvalue weighted by Gasteiger charge is -2.42.